The minimum Gasteiger partial charge on any atom is -0.479 e. The summed E-state index contributed by atoms with van der Waals surface area (Å²) >= 11 is 6.06. The summed E-state index contributed by atoms with van der Waals surface area (Å²) in [5.74, 6) is 0.0332. The van der Waals surface area contributed by atoms with Crippen LogP contribution in [-0.4, -0.2) is 25.1 Å². The summed E-state index contributed by atoms with van der Waals surface area (Å²) in [6.45, 7) is 2.02. The predicted octanol–water partition coefficient (Wildman–Crippen LogP) is 3.44. The van der Waals surface area contributed by atoms with Crippen LogP contribution in [0.3, 0.4) is 0 Å². The number of methoxy groups -OCH3 is 1. The molecule has 124 valence electrons. The first-order chi connectivity index (χ1) is 11.5. The molecule has 2 aromatic carbocycles. The van der Waals surface area contributed by atoms with Gasteiger partial charge in [0.05, 0.1) is 24.9 Å². The van der Waals surface area contributed by atoms with E-state index in [1.54, 1.807) is 48.2 Å². The van der Waals surface area contributed by atoms with Crippen molar-refractivity contribution in [2.75, 3.05) is 12.0 Å². The molecule has 0 fully saturated rings. The van der Waals surface area contributed by atoms with Crippen LogP contribution in [0.4, 0.5) is 5.69 Å². The van der Waals surface area contributed by atoms with Crippen molar-refractivity contribution >= 4 is 29.2 Å². The van der Waals surface area contributed by atoms with Crippen LogP contribution in [0.25, 0.3) is 0 Å². The van der Waals surface area contributed by atoms with E-state index in [2.05, 4.69) is 0 Å². The Morgan fingerprint density at radius 2 is 2.08 bits per heavy atom. The number of hydrogen-bond donors (Lipinski definition) is 0. The van der Waals surface area contributed by atoms with Crippen molar-refractivity contribution in [1.82, 2.24) is 0 Å². The number of benzene rings is 2. The fourth-order valence-corrected chi connectivity index (χ4v) is 2.81. The first kappa shape index (κ1) is 16.3. The molecule has 0 N–H and O–H groups in total. The molecule has 1 aliphatic rings. The number of carbonyl (C=O) groups excluding carboxylic acids is 2. The monoisotopic (exact) mass is 345 g/mol. The molecule has 0 aliphatic carbocycles. The highest BCUT2D eigenvalue weighted by Crippen LogP contribution is 2.37. The predicted molar refractivity (Wildman–Crippen MR) is 90.5 cm³/mol. The molecule has 5 nitrogen and oxygen atoms in total. The Kier molecular flexibility index (Phi) is 4.44. The van der Waals surface area contributed by atoms with Gasteiger partial charge < -0.3 is 14.4 Å². The summed E-state index contributed by atoms with van der Waals surface area (Å²) in [6.07, 6.45) is -0.581. The number of halogens is 1. The highest BCUT2D eigenvalue weighted by Gasteiger charge is 2.31. The van der Waals surface area contributed by atoms with E-state index in [1.807, 2.05) is 6.07 Å². The third-order valence-electron chi connectivity index (χ3n) is 3.82. The molecule has 0 spiro atoms. The molecule has 0 radical (unpaired) electrons. The van der Waals surface area contributed by atoms with E-state index in [0.717, 1.165) is 5.56 Å². The molecule has 6 heteroatoms. The Morgan fingerprint density at radius 3 is 2.83 bits per heavy atom. The molecular formula is C18H16ClNO4. The van der Waals surface area contributed by atoms with E-state index in [1.165, 1.54) is 7.11 Å². The number of esters is 1. The zero-order chi connectivity index (χ0) is 17.3. The van der Waals surface area contributed by atoms with Gasteiger partial charge in [0.2, 0.25) is 0 Å². The number of hydrogen-bond acceptors (Lipinski definition) is 4. The van der Waals surface area contributed by atoms with Gasteiger partial charge in [0.25, 0.3) is 5.91 Å². The van der Waals surface area contributed by atoms with Gasteiger partial charge in [-0.25, -0.2) is 4.79 Å². The highest BCUT2D eigenvalue weighted by atomic mass is 35.5. The Morgan fingerprint density at radius 1 is 1.29 bits per heavy atom. The number of nitrogens with zero attached hydrogens (tertiary/aromatic N) is 1. The van der Waals surface area contributed by atoms with Gasteiger partial charge in [0, 0.05) is 5.02 Å². The fraction of sp³-hybridized carbons (Fsp3) is 0.222. The molecule has 1 unspecified atom stereocenters. The van der Waals surface area contributed by atoms with Crippen molar-refractivity contribution in [2.24, 2.45) is 0 Å². The van der Waals surface area contributed by atoms with Crippen LogP contribution in [0, 0.1) is 0 Å². The van der Waals surface area contributed by atoms with E-state index < -0.39 is 12.1 Å². The van der Waals surface area contributed by atoms with Gasteiger partial charge in [0.1, 0.15) is 5.75 Å². The Hall–Kier alpha value is -2.53. The number of carbonyl (C=O) groups is 2. The van der Waals surface area contributed by atoms with E-state index in [-0.39, 0.29) is 5.91 Å². The molecule has 0 saturated carbocycles. The first-order valence-electron chi connectivity index (χ1n) is 7.44. The van der Waals surface area contributed by atoms with Gasteiger partial charge in [0.15, 0.2) is 6.10 Å². The average molecular weight is 346 g/mol. The minimum absolute atomic E-state index is 0.159. The average Bonchev–Trinajstić information content (AvgIpc) is 2.59. The summed E-state index contributed by atoms with van der Waals surface area (Å²) in [7, 11) is 1.33. The maximum Gasteiger partial charge on any atom is 0.337 e. The van der Waals surface area contributed by atoms with Crippen molar-refractivity contribution in [3.63, 3.8) is 0 Å². The van der Waals surface area contributed by atoms with Crippen molar-refractivity contribution in [3.05, 3.63) is 58.6 Å². The van der Waals surface area contributed by atoms with Crippen LogP contribution < -0.4 is 9.64 Å². The quantitative estimate of drug-likeness (QED) is 0.800. The molecule has 1 atom stereocenters. The lowest BCUT2D eigenvalue weighted by Gasteiger charge is -2.33. The largest absolute Gasteiger partial charge is 0.479 e. The molecule has 2 aromatic rings. The molecule has 3 rings (SSSR count). The number of rotatable bonds is 3. The third-order valence-corrected chi connectivity index (χ3v) is 4.05. The van der Waals surface area contributed by atoms with E-state index in [4.69, 9.17) is 21.1 Å². The van der Waals surface area contributed by atoms with Gasteiger partial charge in [-0.2, -0.15) is 0 Å². The first-order valence-corrected chi connectivity index (χ1v) is 7.82. The molecule has 24 heavy (non-hydrogen) atoms. The molecule has 0 aromatic heterocycles. The molecule has 0 bridgehead atoms. The van der Waals surface area contributed by atoms with Gasteiger partial charge in [-0.15, -0.1) is 0 Å². The van der Waals surface area contributed by atoms with Crippen LogP contribution in [-0.2, 0) is 16.1 Å². The summed E-state index contributed by atoms with van der Waals surface area (Å²) in [4.78, 5) is 25.8. The Labute approximate surface area is 144 Å². The molecule has 1 amide bonds. The molecule has 1 heterocycles. The number of amides is 1. The highest BCUT2D eigenvalue weighted by molar-refractivity contribution is 6.31. The normalized spacial score (nSPS) is 16.4. The van der Waals surface area contributed by atoms with Gasteiger partial charge in [-0.05, 0) is 42.8 Å². The van der Waals surface area contributed by atoms with Crippen molar-refractivity contribution in [3.8, 4) is 5.75 Å². The van der Waals surface area contributed by atoms with Crippen LogP contribution in [0.5, 0.6) is 5.75 Å². The molecule has 0 saturated heterocycles. The second-order valence-corrected chi connectivity index (χ2v) is 5.92. The van der Waals surface area contributed by atoms with Crippen LogP contribution in [0.1, 0.15) is 22.8 Å². The second kappa shape index (κ2) is 6.53. The van der Waals surface area contributed by atoms with E-state index >= 15 is 0 Å². The number of ether oxygens (including phenoxy) is 2. The lowest BCUT2D eigenvalue weighted by atomic mass is 10.1. The zero-order valence-electron chi connectivity index (χ0n) is 13.3. The summed E-state index contributed by atoms with van der Waals surface area (Å²) < 4.78 is 10.4. The summed E-state index contributed by atoms with van der Waals surface area (Å²) in [5.41, 5.74) is 1.87. The van der Waals surface area contributed by atoms with Crippen LogP contribution >= 0.6 is 11.6 Å². The smallest absolute Gasteiger partial charge is 0.337 e. The maximum absolute atomic E-state index is 12.5. The van der Waals surface area contributed by atoms with E-state index in [0.29, 0.717) is 28.6 Å². The lowest BCUT2D eigenvalue weighted by molar-refractivity contribution is -0.125. The Balaban J connectivity index is 1.96. The van der Waals surface area contributed by atoms with Crippen molar-refractivity contribution in [1.29, 1.82) is 0 Å². The van der Waals surface area contributed by atoms with E-state index in [9.17, 15) is 9.59 Å². The lowest BCUT2D eigenvalue weighted by Crippen LogP contribution is -2.44. The molecular weight excluding hydrogens is 330 g/mol. The fourth-order valence-electron chi connectivity index (χ4n) is 2.64. The summed E-state index contributed by atoms with van der Waals surface area (Å²) in [5, 5.41) is 0.521. The van der Waals surface area contributed by atoms with Gasteiger partial charge >= 0.3 is 5.97 Å². The van der Waals surface area contributed by atoms with Crippen LogP contribution in [0.2, 0.25) is 5.02 Å². The van der Waals surface area contributed by atoms with Crippen LogP contribution in [0.15, 0.2) is 42.5 Å². The zero-order valence-corrected chi connectivity index (χ0v) is 14.0. The SMILES string of the molecule is COC(=O)c1cccc(CN2C(=O)C(C)Oc3ccc(Cl)cc32)c1. The second-order valence-electron chi connectivity index (χ2n) is 5.49. The molecule has 1 aliphatic heterocycles. The number of fused-ring (bicyclic) bond motifs is 1. The van der Waals surface area contributed by atoms with Crippen molar-refractivity contribution in [2.45, 2.75) is 19.6 Å². The minimum atomic E-state index is -0.581. The van der Waals surface area contributed by atoms with Gasteiger partial charge in [-0.3, -0.25) is 4.79 Å². The van der Waals surface area contributed by atoms with Gasteiger partial charge in [-0.1, -0.05) is 23.7 Å². The Bertz CT molecular complexity index is 805. The summed E-state index contributed by atoms with van der Waals surface area (Å²) in [6, 6.07) is 12.2. The third kappa shape index (κ3) is 3.08. The standard InChI is InChI=1S/C18H16ClNO4/c1-11-17(21)20(15-9-14(19)6-7-16(15)24-11)10-12-4-3-5-13(8-12)18(22)23-2/h3-9,11H,10H2,1-2H3. The van der Waals surface area contributed by atoms with Crippen molar-refractivity contribution < 1.29 is 19.1 Å². The maximum atomic E-state index is 12.5. The number of anilines is 1. The topological polar surface area (TPSA) is 55.8 Å².